The number of hydrogen-bond donors (Lipinski definition) is 4. The van der Waals surface area contributed by atoms with E-state index in [9.17, 15) is 14.4 Å². The number of carbonyl (C=O) groups is 3. The molecule has 4 unspecified atom stereocenters. The molecule has 0 radical (unpaired) electrons. The van der Waals surface area contributed by atoms with Crippen LogP contribution in [0.4, 0.5) is 0 Å². The Kier molecular flexibility index (Phi) is 9.43. The lowest BCUT2D eigenvalue weighted by atomic mass is 9.87. The lowest BCUT2D eigenvalue weighted by molar-refractivity contribution is -0.133. The summed E-state index contributed by atoms with van der Waals surface area (Å²) >= 11 is 0. The van der Waals surface area contributed by atoms with Crippen molar-refractivity contribution in [2.75, 3.05) is 7.05 Å². The lowest BCUT2D eigenvalue weighted by Gasteiger charge is -2.30. The Labute approximate surface area is 208 Å². The van der Waals surface area contributed by atoms with Gasteiger partial charge in [-0.15, -0.1) is 0 Å². The summed E-state index contributed by atoms with van der Waals surface area (Å²) in [4.78, 5) is 39.3. The molecule has 0 spiro atoms. The summed E-state index contributed by atoms with van der Waals surface area (Å²) in [5.74, 6) is -0.990. The van der Waals surface area contributed by atoms with Gasteiger partial charge in [0.1, 0.15) is 12.1 Å². The van der Waals surface area contributed by atoms with Gasteiger partial charge in [-0.3, -0.25) is 14.4 Å². The summed E-state index contributed by atoms with van der Waals surface area (Å²) < 4.78 is 0. The van der Waals surface area contributed by atoms with Crippen LogP contribution in [0, 0.1) is 5.92 Å². The number of benzene rings is 2. The molecule has 3 amide bonds. The molecule has 0 aromatic heterocycles. The number of hydrogen-bond acceptors (Lipinski definition) is 4. The van der Waals surface area contributed by atoms with Crippen LogP contribution in [0.3, 0.4) is 0 Å². The molecule has 0 bridgehead atoms. The number of aryl methyl sites for hydroxylation is 1. The minimum Gasteiger partial charge on any atom is -0.347 e. The van der Waals surface area contributed by atoms with Gasteiger partial charge in [-0.05, 0) is 55.8 Å². The van der Waals surface area contributed by atoms with E-state index in [2.05, 4.69) is 33.4 Å². The quantitative estimate of drug-likeness (QED) is 0.422. The van der Waals surface area contributed by atoms with Crippen LogP contribution in [-0.4, -0.2) is 42.9 Å². The predicted molar refractivity (Wildman–Crippen MR) is 138 cm³/mol. The number of fused-ring (bicyclic) bond motifs is 1. The zero-order valence-corrected chi connectivity index (χ0v) is 21.1. The molecule has 0 aliphatic heterocycles. The third-order valence-corrected chi connectivity index (χ3v) is 6.67. The van der Waals surface area contributed by atoms with Crippen LogP contribution in [0.1, 0.15) is 56.3 Å². The fraction of sp³-hybridized carbons (Fsp3) is 0.464. The first-order valence-corrected chi connectivity index (χ1v) is 12.5. The van der Waals surface area contributed by atoms with Gasteiger partial charge in [0.2, 0.25) is 17.7 Å². The minimum atomic E-state index is -0.765. The Morgan fingerprint density at radius 1 is 0.886 bits per heavy atom. The predicted octanol–water partition coefficient (Wildman–Crippen LogP) is 2.66. The van der Waals surface area contributed by atoms with E-state index in [0.717, 1.165) is 30.4 Å². The van der Waals surface area contributed by atoms with Gasteiger partial charge >= 0.3 is 0 Å². The molecule has 0 fully saturated rings. The molecule has 7 heteroatoms. The Bertz CT molecular complexity index is 1010. The summed E-state index contributed by atoms with van der Waals surface area (Å²) in [6.07, 6.45) is 3.23. The van der Waals surface area contributed by atoms with Crippen LogP contribution >= 0.6 is 0 Å². The molecule has 1 aliphatic rings. The minimum absolute atomic E-state index is 0.0836. The zero-order chi connectivity index (χ0) is 25.4. The van der Waals surface area contributed by atoms with Gasteiger partial charge in [0.25, 0.3) is 0 Å². The molecule has 35 heavy (non-hydrogen) atoms. The first-order valence-electron chi connectivity index (χ1n) is 12.5. The average molecular weight is 479 g/mol. The van der Waals surface area contributed by atoms with Crippen molar-refractivity contribution in [1.82, 2.24) is 21.3 Å². The Morgan fingerprint density at radius 2 is 1.57 bits per heavy atom. The van der Waals surface area contributed by atoms with E-state index in [0.29, 0.717) is 6.42 Å². The maximum absolute atomic E-state index is 13.5. The van der Waals surface area contributed by atoms with Crippen molar-refractivity contribution >= 4 is 17.7 Å². The highest BCUT2D eigenvalue weighted by Gasteiger charge is 2.31. The van der Waals surface area contributed by atoms with E-state index >= 15 is 0 Å². The fourth-order valence-corrected chi connectivity index (χ4v) is 4.44. The van der Waals surface area contributed by atoms with E-state index in [1.54, 1.807) is 14.0 Å². The Morgan fingerprint density at radius 3 is 2.26 bits per heavy atom. The van der Waals surface area contributed by atoms with E-state index in [1.807, 2.05) is 56.3 Å². The first-order chi connectivity index (χ1) is 16.8. The van der Waals surface area contributed by atoms with Gasteiger partial charge in [0.15, 0.2) is 0 Å². The summed E-state index contributed by atoms with van der Waals surface area (Å²) in [5.41, 5.74) is 3.35. The van der Waals surface area contributed by atoms with Crippen molar-refractivity contribution in [2.45, 2.75) is 70.6 Å². The van der Waals surface area contributed by atoms with Crippen LogP contribution in [0.2, 0.25) is 0 Å². The highest BCUT2D eigenvalue weighted by Crippen LogP contribution is 2.29. The van der Waals surface area contributed by atoms with E-state index in [1.165, 1.54) is 5.56 Å². The molecule has 188 valence electrons. The molecule has 0 saturated carbocycles. The standard InChI is InChI=1S/C28H38N4O3/c1-18(2)25(32-26(33)19(3)29-4)28(35)31-24(17-20-11-6-5-7-12-20)27(34)30-23-16-10-14-21-13-8-9-15-22(21)23/h5-9,11-13,15,18-19,23-25,29H,10,14,16-17H2,1-4H3,(H,30,34)(H,31,35)(H,32,33). The largest absolute Gasteiger partial charge is 0.347 e. The van der Waals surface area contributed by atoms with Crippen LogP contribution < -0.4 is 21.3 Å². The molecule has 4 atom stereocenters. The topological polar surface area (TPSA) is 99.3 Å². The van der Waals surface area contributed by atoms with E-state index in [4.69, 9.17) is 0 Å². The monoisotopic (exact) mass is 478 g/mol. The number of carbonyl (C=O) groups excluding carboxylic acids is 3. The molecule has 1 aliphatic carbocycles. The van der Waals surface area contributed by atoms with Gasteiger partial charge in [-0.25, -0.2) is 0 Å². The SMILES string of the molecule is CNC(C)C(=O)NC(C(=O)NC(Cc1ccccc1)C(=O)NC1CCCc2ccccc21)C(C)C. The average Bonchev–Trinajstić information content (AvgIpc) is 2.86. The summed E-state index contributed by atoms with van der Waals surface area (Å²) in [6.45, 7) is 5.48. The number of nitrogens with one attached hydrogen (secondary N) is 4. The lowest BCUT2D eigenvalue weighted by Crippen LogP contribution is -2.58. The van der Waals surface area contributed by atoms with Crippen molar-refractivity contribution in [2.24, 2.45) is 5.92 Å². The molecule has 7 nitrogen and oxygen atoms in total. The second-order valence-electron chi connectivity index (χ2n) is 9.64. The Hall–Kier alpha value is -3.19. The number of amides is 3. The van der Waals surface area contributed by atoms with Crippen LogP contribution in [0.15, 0.2) is 54.6 Å². The van der Waals surface area contributed by atoms with Gasteiger partial charge < -0.3 is 21.3 Å². The maximum atomic E-state index is 13.5. The van der Waals surface area contributed by atoms with E-state index in [-0.39, 0.29) is 29.7 Å². The number of rotatable bonds is 10. The van der Waals surface area contributed by atoms with Gasteiger partial charge in [0, 0.05) is 6.42 Å². The third kappa shape index (κ3) is 7.15. The smallest absolute Gasteiger partial charge is 0.243 e. The van der Waals surface area contributed by atoms with Gasteiger partial charge in [0.05, 0.1) is 12.1 Å². The van der Waals surface area contributed by atoms with Crippen molar-refractivity contribution in [3.05, 3.63) is 71.3 Å². The van der Waals surface area contributed by atoms with Crippen molar-refractivity contribution in [3.63, 3.8) is 0 Å². The summed E-state index contributed by atoms with van der Waals surface area (Å²) in [6, 6.07) is 15.8. The van der Waals surface area contributed by atoms with Crippen LogP contribution in [-0.2, 0) is 27.2 Å². The molecular formula is C28H38N4O3. The molecule has 2 aromatic rings. The maximum Gasteiger partial charge on any atom is 0.243 e. The van der Waals surface area contributed by atoms with Crippen LogP contribution in [0.5, 0.6) is 0 Å². The van der Waals surface area contributed by atoms with Crippen LogP contribution in [0.25, 0.3) is 0 Å². The molecule has 2 aromatic carbocycles. The van der Waals surface area contributed by atoms with Crippen molar-refractivity contribution < 1.29 is 14.4 Å². The molecular weight excluding hydrogens is 440 g/mol. The molecule has 0 saturated heterocycles. The van der Waals surface area contributed by atoms with Crippen molar-refractivity contribution in [3.8, 4) is 0 Å². The van der Waals surface area contributed by atoms with Crippen molar-refractivity contribution in [1.29, 1.82) is 0 Å². The third-order valence-electron chi connectivity index (χ3n) is 6.67. The second-order valence-corrected chi connectivity index (χ2v) is 9.64. The number of likely N-dealkylation sites (N-methyl/N-ethyl adjacent to an activating group) is 1. The summed E-state index contributed by atoms with van der Waals surface area (Å²) in [5, 5.41) is 11.8. The highest BCUT2D eigenvalue weighted by atomic mass is 16.2. The Balaban J connectivity index is 1.78. The first kappa shape index (κ1) is 26.4. The molecule has 0 heterocycles. The fourth-order valence-electron chi connectivity index (χ4n) is 4.44. The van der Waals surface area contributed by atoms with Gasteiger partial charge in [-0.2, -0.15) is 0 Å². The normalized spacial score (nSPS) is 17.6. The second kappa shape index (κ2) is 12.5. The van der Waals surface area contributed by atoms with Gasteiger partial charge in [-0.1, -0.05) is 68.4 Å². The zero-order valence-electron chi connectivity index (χ0n) is 21.1. The molecule has 4 N–H and O–H groups in total. The highest BCUT2D eigenvalue weighted by molar-refractivity contribution is 5.93. The summed E-state index contributed by atoms with van der Waals surface area (Å²) in [7, 11) is 1.69. The van der Waals surface area contributed by atoms with E-state index < -0.39 is 18.1 Å². The molecule has 3 rings (SSSR count).